The minimum absolute atomic E-state index is 0. The van der Waals surface area contributed by atoms with E-state index in [1.807, 2.05) is 74.2 Å². The third kappa shape index (κ3) is 6.59. The molecule has 7 aromatic rings. The Labute approximate surface area is 266 Å². The van der Waals surface area contributed by atoms with Gasteiger partial charge in [0.2, 0.25) is 0 Å². The van der Waals surface area contributed by atoms with Crippen molar-refractivity contribution < 1.29 is 24.5 Å². The quantitative estimate of drug-likeness (QED) is 0.170. The molecule has 7 rings (SSSR count). The van der Waals surface area contributed by atoms with E-state index in [0.717, 1.165) is 61.6 Å². The summed E-state index contributed by atoms with van der Waals surface area (Å²) in [4.78, 5) is 13.3. The number of rotatable bonds is 3. The van der Waals surface area contributed by atoms with Crippen LogP contribution in [0.25, 0.3) is 55.2 Å². The van der Waals surface area contributed by atoms with Crippen molar-refractivity contribution >= 4 is 32.7 Å². The van der Waals surface area contributed by atoms with Gasteiger partial charge in [0.1, 0.15) is 5.58 Å². The van der Waals surface area contributed by atoms with E-state index in [1.54, 1.807) is 0 Å². The summed E-state index contributed by atoms with van der Waals surface area (Å²) in [6, 6.07) is 30.9. The van der Waals surface area contributed by atoms with Crippen molar-refractivity contribution in [3.05, 3.63) is 126 Å². The van der Waals surface area contributed by atoms with Crippen molar-refractivity contribution in [2.24, 2.45) is 5.41 Å². The second-order valence-corrected chi connectivity index (χ2v) is 12.0. The van der Waals surface area contributed by atoms with Crippen LogP contribution in [-0.2, 0) is 26.5 Å². The summed E-state index contributed by atoms with van der Waals surface area (Å²) in [6.45, 7) is 10.9. The van der Waals surface area contributed by atoms with Crippen molar-refractivity contribution in [2.75, 3.05) is 0 Å². The van der Waals surface area contributed by atoms with Gasteiger partial charge in [-0.3, -0.25) is 4.98 Å². The van der Waals surface area contributed by atoms with Crippen LogP contribution in [0.5, 0.6) is 0 Å². The molecule has 4 aromatic heterocycles. The van der Waals surface area contributed by atoms with Crippen molar-refractivity contribution in [1.82, 2.24) is 15.0 Å². The number of hydrogen-bond acceptors (Lipinski definition) is 4. The van der Waals surface area contributed by atoms with Crippen LogP contribution in [0.4, 0.5) is 0 Å². The number of furan rings is 1. The van der Waals surface area contributed by atoms with Crippen LogP contribution >= 0.6 is 0 Å². The Morgan fingerprint density at radius 1 is 0.744 bits per heavy atom. The molecule has 5 heteroatoms. The third-order valence-electron chi connectivity index (χ3n) is 7.30. The largest absolute Gasteiger partial charge is 0.500 e. The zero-order chi connectivity index (χ0) is 29.3. The zero-order valence-electron chi connectivity index (χ0n) is 25.0. The molecule has 0 aliphatic rings. The minimum Gasteiger partial charge on any atom is -0.500 e. The normalized spacial score (nSPS) is 11.3. The molecule has 0 fully saturated rings. The first-order valence-corrected chi connectivity index (χ1v) is 14.2. The van der Waals surface area contributed by atoms with Gasteiger partial charge in [-0.05, 0) is 54.3 Å². The van der Waals surface area contributed by atoms with E-state index < -0.39 is 0 Å². The Morgan fingerprint density at radius 3 is 2.30 bits per heavy atom. The summed E-state index contributed by atoms with van der Waals surface area (Å²) in [7, 11) is 0. The molecule has 0 amide bonds. The summed E-state index contributed by atoms with van der Waals surface area (Å²) in [6.07, 6.45) is 8.52. The smallest absolute Gasteiger partial charge is 0.128 e. The summed E-state index contributed by atoms with van der Waals surface area (Å²) >= 11 is 0. The van der Waals surface area contributed by atoms with Gasteiger partial charge in [0.05, 0.1) is 5.58 Å². The van der Waals surface area contributed by atoms with E-state index >= 15 is 0 Å². The Bertz CT molecular complexity index is 2010. The molecule has 0 aliphatic heterocycles. The third-order valence-corrected chi connectivity index (χ3v) is 7.30. The molecule has 1 radical (unpaired) electrons. The fourth-order valence-corrected chi connectivity index (χ4v) is 5.20. The molecule has 0 spiro atoms. The molecule has 0 aliphatic carbocycles. The van der Waals surface area contributed by atoms with E-state index in [0.29, 0.717) is 0 Å². The number of aromatic nitrogens is 3. The van der Waals surface area contributed by atoms with Gasteiger partial charge < -0.3 is 14.4 Å². The fourth-order valence-electron chi connectivity index (χ4n) is 5.20. The molecule has 0 saturated carbocycles. The standard InChI is InChI=1S/C26H23N2O.C12H10N.Ir/c1-16-14-28-23(12-18(16)13-26(2,3)4)22-7-5-6-20-21-9-8-17-15-27-11-10-19(17)24(21)29-25(20)22;1-10-7-8-12(13-9-10)11-5-3-2-4-6-11;/h5-6,8-12,14-15H,13H2,1-4H3;2-5,7-9H,1H3;/q2*-1;. The molecule has 0 N–H and O–H groups in total. The predicted molar refractivity (Wildman–Crippen MR) is 172 cm³/mol. The molecule has 0 unspecified atom stereocenters. The summed E-state index contributed by atoms with van der Waals surface area (Å²) in [5.41, 5.74) is 9.51. The minimum atomic E-state index is 0. The SMILES string of the molecule is Cc1ccc(-c2[c-]cccc2)nc1.Cc1cnc(-c2[c-]ccc3c2oc2c4ccncc4ccc32)cc1CC(C)(C)C.[Ir]. The second-order valence-electron chi connectivity index (χ2n) is 12.0. The molecular weight excluding hydrogens is 707 g/mol. The van der Waals surface area contributed by atoms with Crippen LogP contribution in [0.1, 0.15) is 37.5 Å². The predicted octanol–water partition coefficient (Wildman–Crippen LogP) is 9.75. The van der Waals surface area contributed by atoms with Crippen molar-refractivity contribution in [3.63, 3.8) is 0 Å². The van der Waals surface area contributed by atoms with E-state index in [4.69, 9.17) is 9.40 Å². The van der Waals surface area contributed by atoms with E-state index in [2.05, 4.69) is 80.1 Å². The van der Waals surface area contributed by atoms with Gasteiger partial charge >= 0.3 is 0 Å². The van der Waals surface area contributed by atoms with Gasteiger partial charge in [-0.2, -0.15) is 0 Å². The number of benzene rings is 3. The van der Waals surface area contributed by atoms with Gasteiger partial charge in [-0.1, -0.05) is 67.6 Å². The second kappa shape index (κ2) is 12.6. The van der Waals surface area contributed by atoms with E-state index in [-0.39, 0.29) is 25.5 Å². The maximum Gasteiger partial charge on any atom is 0.128 e. The molecule has 0 saturated heterocycles. The maximum atomic E-state index is 6.42. The number of nitrogens with zero attached hydrogens (tertiary/aromatic N) is 3. The Morgan fingerprint density at radius 2 is 1.56 bits per heavy atom. The summed E-state index contributed by atoms with van der Waals surface area (Å²) in [5, 5.41) is 4.35. The van der Waals surface area contributed by atoms with Crippen molar-refractivity contribution in [2.45, 2.75) is 41.0 Å². The van der Waals surface area contributed by atoms with Gasteiger partial charge in [0.15, 0.2) is 0 Å². The molecule has 0 bridgehead atoms. The molecule has 4 heterocycles. The number of pyridine rings is 3. The topological polar surface area (TPSA) is 51.8 Å². The maximum absolute atomic E-state index is 6.42. The summed E-state index contributed by atoms with van der Waals surface area (Å²) in [5.74, 6) is 0. The van der Waals surface area contributed by atoms with Crippen LogP contribution in [0.3, 0.4) is 0 Å². The summed E-state index contributed by atoms with van der Waals surface area (Å²) < 4.78 is 6.42. The van der Waals surface area contributed by atoms with Gasteiger partial charge in [-0.25, -0.2) is 0 Å². The van der Waals surface area contributed by atoms with Gasteiger partial charge in [0.25, 0.3) is 0 Å². The number of aryl methyl sites for hydroxylation is 2. The molecule has 4 nitrogen and oxygen atoms in total. The molecule has 0 atom stereocenters. The van der Waals surface area contributed by atoms with Crippen LogP contribution in [0.2, 0.25) is 0 Å². The van der Waals surface area contributed by atoms with Gasteiger partial charge in [-0.15, -0.1) is 54.1 Å². The van der Waals surface area contributed by atoms with Gasteiger partial charge in [0, 0.05) is 61.1 Å². The Hall–Kier alpha value is -4.18. The van der Waals surface area contributed by atoms with Crippen LogP contribution < -0.4 is 0 Å². The van der Waals surface area contributed by atoms with Crippen molar-refractivity contribution in [1.29, 1.82) is 0 Å². The van der Waals surface area contributed by atoms with E-state index in [9.17, 15) is 0 Å². The monoisotopic (exact) mass is 740 g/mol. The molecule has 3 aromatic carbocycles. The molecule has 43 heavy (non-hydrogen) atoms. The molecular formula is C38H33IrN3O-2. The van der Waals surface area contributed by atoms with Crippen molar-refractivity contribution in [3.8, 4) is 22.5 Å². The molecule has 217 valence electrons. The van der Waals surface area contributed by atoms with Crippen LogP contribution in [-0.4, -0.2) is 15.0 Å². The average Bonchev–Trinajstić information content (AvgIpc) is 3.38. The fraction of sp³-hybridized carbons (Fsp3) is 0.184. The van der Waals surface area contributed by atoms with Crippen LogP contribution in [0.15, 0.2) is 102 Å². The first-order chi connectivity index (χ1) is 20.3. The Balaban J connectivity index is 0.000000221. The first-order valence-electron chi connectivity index (χ1n) is 14.2. The van der Waals surface area contributed by atoms with E-state index in [1.165, 1.54) is 16.7 Å². The zero-order valence-corrected chi connectivity index (χ0v) is 27.4. The Kier molecular flexibility index (Phi) is 8.87. The average molecular weight is 740 g/mol. The van der Waals surface area contributed by atoms with Crippen LogP contribution in [0, 0.1) is 31.4 Å². The number of fused-ring (bicyclic) bond motifs is 5. The number of hydrogen-bond donors (Lipinski definition) is 0. The first kappa shape index (κ1) is 30.3.